The highest BCUT2D eigenvalue weighted by atomic mass is 16.5. The fraction of sp³-hybridized carbons (Fsp3) is 0.238. The van der Waals surface area contributed by atoms with Crippen LogP contribution in [0.3, 0.4) is 0 Å². The third kappa shape index (κ3) is 2.75. The molecule has 1 saturated heterocycles. The highest BCUT2D eigenvalue weighted by molar-refractivity contribution is 6.23. The van der Waals surface area contributed by atoms with Gasteiger partial charge < -0.3 is 19.2 Å². The summed E-state index contributed by atoms with van der Waals surface area (Å²) in [6.45, 7) is 0.106. The van der Waals surface area contributed by atoms with Crippen molar-refractivity contribution in [3.8, 4) is 11.5 Å². The molecule has 0 aromatic heterocycles. The molecule has 2 atom stereocenters. The Morgan fingerprint density at radius 2 is 1.62 bits per heavy atom. The molecule has 29 heavy (non-hydrogen) atoms. The smallest absolute Gasteiger partial charge is 0.262 e. The van der Waals surface area contributed by atoms with E-state index >= 15 is 0 Å². The topological polar surface area (TPSA) is 93.2 Å². The number of fused-ring (bicyclic) bond motifs is 1. The third-order valence-electron chi connectivity index (χ3n) is 5.30. The van der Waals surface area contributed by atoms with Gasteiger partial charge in [0.05, 0.1) is 31.9 Å². The molecule has 2 aromatic rings. The van der Waals surface area contributed by atoms with Gasteiger partial charge in [-0.3, -0.25) is 19.3 Å². The Morgan fingerprint density at radius 1 is 0.966 bits per heavy atom. The Kier molecular flexibility index (Phi) is 4.54. The maximum atomic E-state index is 12.8. The number of ether oxygens (including phenoxy) is 2. The molecular formula is C21H18N2O6. The second kappa shape index (κ2) is 7.05. The molecule has 2 unspecified atom stereocenters. The van der Waals surface area contributed by atoms with Gasteiger partial charge in [-0.25, -0.2) is 0 Å². The first-order chi connectivity index (χ1) is 14.0. The van der Waals surface area contributed by atoms with Crippen LogP contribution in [-0.4, -0.2) is 60.1 Å². The van der Waals surface area contributed by atoms with Gasteiger partial charge in [0.2, 0.25) is 5.91 Å². The third-order valence-corrected chi connectivity index (χ3v) is 5.30. The van der Waals surface area contributed by atoms with E-state index in [1.54, 1.807) is 30.3 Å². The Hall–Kier alpha value is -3.68. The molecule has 0 saturated carbocycles. The highest BCUT2D eigenvalue weighted by Gasteiger charge is 2.56. The molecule has 0 bridgehead atoms. The molecule has 8 heteroatoms. The summed E-state index contributed by atoms with van der Waals surface area (Å²) in [6, 6.07) is 9.45. The van der Waals surface area contributed by atoms with Crippen molar-refractivity contribution in [2.24, 2.45) is 0 Å². The van der Waals surface area contributed by atoms with Crippen LogP contribution in [0.1, 0.15) is 26.3 Å². The maximum absolute atomic E-state index is 12.8. The molecule has 0 spiro atoms. The summed E-state index contributed by atoms with van der Waals surface area (Å²) in [5, 5.41) is 0. The van der Waals surface area contributed by atoms with Gasteiger partial charge in [-0.2, -0.15) is 0 Å². The van der Waals surface area contributed by atoms with Crippen molar-refractivity contribution in [2.45, 2.75) is 18.6 Å². The molecule has 0 radical (unpaired) electrons. The van der Waals surface area contributed by atoms with E-state index in [2.05, 4.69) is 0 Å². The lowest BCUT2D eigenvalue weighted by Crippen LogP contribution is -2.71. The zero-order valence-corrected chi connectivity index (χ0v) is 15.8. The normalized spacial score (nSPS) is 20.4. The predicted molar refractivity (Wildman–Crippen MR) is 101 cm³/mol. The minimum Gasteiger partial charge on any atom is -0.497 e. The largest absolute Gasteiger partial charge is 0.497 e. The molecule has 8 nitrogen and oxygen atoms in total. The molecule has 0 aliphatic carbocycles. The minimum absolute atomic E-state index is 0.106. The van der Waals surface area contributed by atoms with Crippen molar-refractivity contribution in [2.75, 3.05) is 14.2 Å². The molecule has 1 fully saturated rings. The zero-order chi connectivity index (χ0) is 20.7. The highest BCUT2D eigenvalue weighted by Crippen LogP contribution is 2.34. The molecule has 2 aliphatic rings. The van der Waals surface area contributed by atoms with Gasteiger partial charge in [0.1, 0.15) is 29.9 Å². The summed E-state index contributed by atoms with van der Waals surface area (Å²) in [4.78, 5) is 52.1. The molecular weight excluding hydrogens is 376 g/mol. The van der Waals surface area contributed by atoms with Gasteiger partial charge in [-0.1, -0.05) is 12.1 Å². The lowest BCUT2D eigenvalue weighted by molar-refractivity contribution is -0.159. The number of hydrogen-bond acceptors (Lipinski definition) is 6. The van der Waals surface area contributed by atoms with E-state index in [1.807, 2.05) is 0 Å². The first-order valence-electron chi connectivity index (χ1n) is 8.95. The molecule has 4 rings (SSSR count). The number of aldehydes is 1. The zero-order valence-electron chi connectivity index (χ0n) is 15.8. The van der Waals surface area contributed by atoms with Gasteiger partial charge in [-0.05, 0) is 24.3 Å². The van der Waals surface area contributed by atoms with Crippen LogP contribution in [0.25, 0.3) is 0 Å². The monoisotopic (exact) mass is 394 g/mol. The first-order valence-corrected chi connectivity index (χ1v) is 8.95. The lowest BCUT2D eigenvalue weighted by atomic mass is 9.93. The van der Waals surface area contributed by atoms with Crippen LogP contribution in [0.15, 0.2) is 42.5 Å². The van der Waals surface area contributed by atoms with Crippen molar-refractivity contribution in [1.82, 2.24) is 9.80 Å². The summed E-state index contributed by atoms with van der Waals surface area (Å²) in [7, 11) is 3.03. The molecule has 2 aromatic carbocycles. The minimum atomic E-state index is -1.14. The van der Waals surface area contributed by atoms with E-state index in [9.17, 15) is 19.2 Å². The quantitative estimate of drug-likeness (QED) is 0.416. The SMILES string of the molecule is COc1ccc(CN2C(=O)C(N3C(=O)c4ccccc4C3=O)C2C=O)c(OC)c1. The Balaban J connectivity index is 1.59. The second-order valence-corrected chi connectivity index (χ2v) is 6.74. The Bertz CT molecular complexity index is 999. The maximum Gasteiger partial charge on any atom is 0.262 e. The van der Waals surface area contributed by atoms with Crippen molar-refractivity contribution in [3.63, 3.8) is 0 Å². The second-order valence-electron chi connectivity index (χ2n) is 6.74. The van der Waals surface area contributed by atoms with E-state index in [4.69, 9.17) is 9.47 Å². The van der Waals surface area contributed by atoms with Crippen molar-refractivity contribution < 1.29 is 28.7 Å². The summed E-state index contributed by atoms with van der Waals surface area (Å²) in [5.74, 6) is -0.480. The van der Waals surface area contributed by atoms with Gasteiger partial charge in [0.25, 0.3) is 11.8 Å². The molecule has 2 aliphatic heterocycles. The lowest BCUT2D eigenvalue weighted by Gasteiger charge is -2.47. The molecule has 0 N–H and O–H groups in total. The van der Waals surface area contributed by atoms with Crippen LogP contribution in [0.5, 0.6) is 11.5 Å². The van der Waals surface area contributed by atoms with Crippen LogP contribution < -0.4 is 9.47 Å². The number of nitrogens with zero attached hydrogens (tertiary/aromatic N) is 2. The predicted octanol–water partition coefficient (Wildman–Crippen LogP) is 1.28. The molecule has 3 amide bonds. The molecule has 2 heterocycles. The number of carbonyl (C=O) groups excluding carboxylic acids is 4. The van der Waals surface area contributed by atoms with Crippen molar-refractivity contribution in [1.29, 1.82) is 0 Å². The Morgan fingerprint density at radius 3 is 2.17 bits per heavy atom. The number of benzene rings is 2. The summed E-state index contributed by atoms with van der Waals surface area (Å²) < 4.78 is 10.5. The van der Waals surface area contributed by atoms with Crippen LogP contribution in [0.4, 0.5) is 0 Å². The summed E-state index contributed by atoms with van der Waals surface area (Å²) in [6.07, 6.45) is 0.589. The van der Waals surface area contributed by atoms with E-state index in [-0.39, 0.29) is 17.7 Å². The number of imide groups is 1. The number of amides is 3. The fourth-order valence-corrected chi connectivity index (χ4v) is 3.77. The van der Waals surface area contributed by atoms with E-state index in [1.165, 1.54) is 31.3 Å². The standard InChI is InChI=1S/C21H18N2O6/c1-28-13-8-7-12(17(9-13)29-2)10-22-16(11-24)18(21(22)27)23-19(25)14-5-3-4-6-15(14)20(23)26/h3-9,11,16,18H,10H2,1-2H3. The van der Waals surface area contributed by atoms with Crippen LogP contribution >= 0.6 is 0 Å². The fourth-order valence-electron chi connectivity index (χ4n) is 3.77. The van der Waals surface area contributed by atoms with Gasteiger partial charge >= 0.3 is 0 Å². The number of β-lactam (4-membered cyclic amide) rings is 1. The number of rotatable bonds is 6. The van der Waals surface area contributed by atoms with Crippen molar-refractivity contribution >= 4 is 24.0 Å². The first kappa shape index (κ1) is 18.7. The van der Waals surface area contributed by atoms with E-state index in [0.29, 0.717) is 23.3 Å². The number of carbonyl (C=O) groups is 4. The summed E-state index contributed by atoms with van der Waals surface area (Å²) in [5.41, 5.74) is 1.16. The number of likely N-dealkylation sites (tertiary alicyclic amines) is 1. The Labute approximate surface area is 166 Å². The van der Waals surface area contributed by atoms with Crippen molar-refractivity contribution in [3.05, 3.63) is 59.2 Å². The van der Waals surface area contributed by atoms with Crippen LogP contribution in [-0.2, 0) is 16.1 Å². The molecule has 148 valence electrons. The number of methoxy groups -OCH3 is 2. The van der Waals surface area contributed by atoms with Gasteiger partial charge in [0, 0.05) is 11.6 Å². The summed E-state index contributed by atoms with van der Waals surface area (Å²) >= 11 is 0. The number of hydrogen-bond donors (Lipinski definition) is 0. The van der Waals surface area contributed by atoms with E-state index < -0.39 is 29.8 Å². The van der Waals surface area contributed by atoms with E-state index in [0.717, 1.165) is 4.90 Å². The van der Waals surface area contributed by atoms with Crippen LogP contribution in [0, 0.1) is 0 Å². The average Bonchev–Trinajstić information content (AvgIpc) is 3.00. The van der Waals surface area contributed by atoms with Crippen LogP contribution in [0.2, 0.25) is 0 Å². The average molecular weight is 394 g/mol. The van der Waals surface area contributed by atoms with Gasteiger partial charge in [-0.15, -0.1) is 0 Å². The van der Waals surface area contributed by atoms with Gasteiger partial charge in [0.15, 0.2) is 0 Å².